The Morgan fingerprint density at radius 1 is 1.19 bits per heavy atom. The van der Waals surface area contributed by atoms with E-state index in [0.29, 0.717) is 16.7 Å². The molecule has 0 aliphatic carbocycles. The first-order valence-electron chi connectivity index (χ1n) is 4.58. The maximum Gasteiger partial charge on any atom is 0.225 e. The van der Waals surface area contributed by atoms with Crippen molar-refractivity contribution < 1.29 is 4.74 Å². The molecule has 82 valence electrons. The smallest absolute Gasteiger partial charge is 0.225 e. The molecule has 3 nitrogen and oxygen atoms in total. The first-order chi connectivity index (χ1) is 7.65. The van der Waals surface area contributed by atoms with Crippen LogP contribution in [0.15, 0.2) is 30.5 Å². The van der Waals surface area contributed by atoms with E-state index in [9.17, 15) is 0 Å². The molecule has 0 radical (unpaired) electrons. The average molecular weight is 255 g/mol. The average Bonchev–Trinajstić information content (AvgIpc) is 2.22. The number of aromatic nitrogens is 2. The predicted molar refractivity (Wildman–Crippen MR) is 63.3 cm³/mol. The minimum Gasteiger partial charge on any atom is -0.439 e. The highest BCUT2D eigenvalue weighted by Crippen LogP contribution is 2.26. The number of nitrogens with zero attached hydrogens (tertiary/aromatic N) is 2. The third-order valence-corrected chi connectivity index (χ3v) is 2.37. The molecule has 0 saturated heterocycles. The fourth-order valence-corrected chi connectivity index (χ4v) is 1.58. The second-order valence-corrected chi connectivity index (χ2v) is 3.95. The molecule has 1 heterocycles. The van der Waals surface area contributed by atoms with Crippen molar-refractivity contribution in [2.75, 3.05) is 0 Å². The lowest BCUT2D eigenvalue weighted by molar-refractivity contribution is 0.458. The minimum absolute atomic E-state index is 0.157. The van der Waals surface area contributed by atoms with Crippen LogP contribution in [0.25, 0.3) is 0 Å². The largest absolute Gasteiger partial charge is 0.439 e. The Balaban J connectivity index is 2.27. The van der Waals surface area contributed by atoms with Gasteiger partial charge in [0.1, 0.15) is 5.75 Å². The number of benzene rings is 1. The maximum absolute atomic E-state index is 5.84. The number of aryl methyl sites for hydroxylation is 1. The SMILES string of the molecule is Cc1cc(Cl)ccc1Oc1ccnc(Cl)n1. The zero-order valence-corrected chi connectivity index (χ0v) is 9.96. The van der Waals surface area contributed by atoms with Gasteiger partial charge in [-0.1, -0.05) is 11.6 Å². The van der Waals surface area contributed by atoms with Gasteiger partial charge in [-0.05, 0) is 42.3 Å². The zero-order valence-electron chi connectivity index (χ0n) is 8.45. The van der Waals surface area contributed by atoms with Crippen molar-refractivity contribution in [2.45, 2.75) is 6.92 Å². The maximum atomic E-state index is 5.84. The van der Waals surface area contributed by atoms with Gasteiger partial charge in [-0.15, -0.1) is 0 Å². The topological polar surface area (TPSA) is 35.0 Å². The summed E-state index contributed by atoms with van der Waals surface area (Å²) in [6.07, 6.45) is 1.54. The highest BCUT2D eigenvalue weighted by molar-refractivity contribution is 6.30. The fourth-order valence-electron chi connectivity index (χ4n) is 1.22. The van der Waals surface area contributed by atoms with E-state index in [1.807, 2.05) is 13.0 Å². The van der Waals surface area contributed by atoms with Gasteiger partial charge < -0.3 is 4.74 Å². The summed E-state index contributed by atoms with van der Waals surface area (Å²) in [6, 6.07) is 7.00. The molecule has 0 aliphatic heterocycles. The highest BCUT2D eigenvalue weighted by atomic mass is 35.5. The standard InChI is InChI=1S/C11H8Cl2N2O/c1-7-6-8(12)2-3-9(7)16-10-4-5-14-11(13)15-10/h2-6H,1H3. The summed E-state index contributed by atoms with van der Waals surface area (Å²) in [6.45, 7) is 1.91. The van der Waals surface area contributed by atoms with Crippen LogP contribution >= 0.6 is 23.2 Å². The molecule has 0 bridgehead atoms. The van der Waals surface area contributed by atoms with Crippen molar-refractivity contribution >= 4 is 23.2 Å². The molecule has 0 unspecified atom stereocenters. The normalized spacial score (nSPS) is 10.2. The Morgan fingerprint density at radius 3 is 2.69 bits per heavy atom. The van der Waals surface area contributed by atoms with Gasteiger partial charge in [-0.2, -0.15) is 4.98 Å². The first kappa shape index (κ1) is 11.2. The Morgan fingerprint density at radius 2 is 2.00 bits per heavy atom. The van der Waals surface area contributed by atoms with Crippen LogP contribution in [0.2, 0.25) is 10.3 Å². The second kappa shape index (κ2) is 4.68. The third kappa shape index (κ3) is 2.62. The summed E-state index contributed by atoms with van der Waals surface area (Å²) in [5, 5.41) is 0.828. The van der Waals surface area contributed by atoms with Gasteiger partial charge in [-0.25, -0.2) is 4.98 Å². The Bertz CT molecular complexity index is 517. The summed E-state index contributed by atoms with van der Waals surface area (Å²) in [4.78, 5) is 7.70. The molecular weight excluding hydrogens is 247 g/mol. The van der Waals surface area contributed by atoms with Gasteiger partial charge in [0.2, 0.25) is 11.2 Å². The van der Waals surface area contributed by atoms with E-state index in [1.165, 1.54) is 6.20 Å². The predicted octanol–water partition coefficient (Wildman–Crippen LogP) is 3.88. The molecule has 2 rings (SSSR count). The van der Waals surface area contributed by atoms with E-state index < -0.39 is 0 Å². The van der Waals surface area contributed by atoms with Crippen molar-refractivity contribution in [3.63, 3.8) is 0 Å². The molecule has 16 heavy (non-hydrogen) atoms. The molecule has 1 aromatic carbocycles. The van der Waals surface area contributed by atoms with Crippen molar-refractivity contribution in [3.05, 3.63) is 46.3 Å². The number of rotatable bonds is 2. The quantitative estimate of drug-likeness (QED) is 0.763. The number of ether oxygens (including phenoxy) is 1. The molecule has 1 aromatic heterocycles. The number of hydrogen-bond donors (Lipinski definition) is 0. The van der Waals surface area contributed by atoms with Crippen LogP contribution in [0, 0.1) is 6.92 Å². The molecule has 0 atom stereocenters. The van der Waals surface area contributed by atoms with Gasteiger partial charge in [0.25, 0.3) is 0 Å². The summed E-state index contributed by atoms with van der Waals surface area (Å²) in [7, 11) is 0. The van der Waals surface area contributed by atoms with Gasteiger partial charge in [0, 0.05) is 17.3 Å². The van der Waals surface area contributed by atoms with Crippen LogP contribution in [0.5, 0.6) is 11.6 Å². The van der Waals surface area contributed by atoms with Crippen LogP contribution < -0.4 is 4.74 Å². The fraction of sp³-hybridized carbons (Fsp3) is 0.0909. The number of halogens is 2. The van der Waals surface area contributed by atoms with Crippen LogP contribution in [-0.2, 0) is 0 Å². The molecule has 5 heteroatoms. The Kier molecular flexibility index (Phi) is 3.27. The van der Waals surface area contributed by atoms with E-state index in [2.05, 4.69) is 9.97 Å². The number of hydrogen-bond acceptors (Lipinski definition) is 3. The monoisotopic (exact) mass is 254 g/mol. The molecule has 0 spiro atoms. The van der Waals surface area contributed by atoms with Crippen LogP contribution in [-0.4, -0.2) is 9.97 Å². The molecule has 2 aromatic rings. The zero-order chi connectivity index (χ0) is 11.5. The molecule has 0 saturated carbocycles. The van der Waals surface area contributed by atoms with Gasteiger partial charge in [0.15, 0.2) is 0 Å². The van der Waals surface area contributed by atoms with E-state index in [4.69, 9.17) is 27.9 Å². The molecule has 0 N–H and O–H groups in total. The second-order valence-electron chi connectivity index (χ2n) is 3.18. The minimum atomic E-state index is 0.157. The van der Waals surface area contributed by atoms with Crippen molar-refractivity contribution in [3.8, 4) is 11.6 Å². The van der Waals surface area contributed by atoms with Crippen molar-refractivity contribution in [2.24, 2.45) is 0 Å². The van der Waals surface area contributed by atoms with Gasteiger partial charge in [-0.3, -0.25) is 0 Å². The highest BCUT2D eigenvalue weighted by Gasteiger charge is 2.03. The van der Waals surface area contributed by atoms with Crippen molar-refractivity contribution in [1.29, 1.82) is 0 Å². The molecule has 0 fully saturated rings. The van der Waals surface area contributed by atoms with E-state index in [-0.39, 0.29) is 5.28 Å². The summed E-state index contributed by atoms with van der Waals surface area (Å²) < 4.78 is 5.55. The lowest BCUT2D eigenvalue weighted by Crippen LogP contribution is -1.91. The van der Waals surface area contributed by atoms with Crippen LogP contribution in [0.4, 0.5) is 0 Å². The molecule has 0 amide bonds. The Labute approximate surface area is 103 Å². The molecular formula is C11H8Cl2N2O. The van der Waals surface area contributed by atoms with E-state index >= 15 is 0 Å². The Hall–Kier alpha value is -1.32. The summed E-state index contributed by atoms with van der Waals surface area (Å²) >= 11 is 11.5. The van der Waals surface area contributed by atoms with Crippen LogP contribution in [0.3, 0.4) is 0 Å². The van der Waals surface area contributed by atoms with Gasteiger partial charge in [0.05, 0.1) is 0 Å². The third-order valence-electron chi connectivity index (χ3n) is 1.95. The van der Waals surface area contributed by atoms with E-state index in [0.717, 1.165) is 5.56 Å². The first-order valence-corrected chi connectivity index (χ1v) is 5.33. The summed E-state index contributed by atoms with van der Waals surface area (Å²) in [5.74, 6) is 1.10. The molecule has 0 aliphatic rings. The van der Waals surface area contributed by atoms with Gasteiger partial charge >= 0.3 is 0 Å². The van der Waals surface area contributed by atoms with E-state index in [1.54, 1.807) is 18.2 Å². The lowest BCUT2D eigenvalue weighted by atomic mass is 10.2. The van der Waals surface area contributed by atoms with Crippen LogP contribution in [0.1, 0.15) is 5.56 Å². The summed E-state index contributed by atoms with van der Waals surface area (Å²) in [5.41, 5.74) is 0.933. The van der Waals surface area contributed by atoms with Crippen molar-refractivity contribution in [1.82, 2.24) is 9.97 Å². The lowest BCUT2D eigenvalue weighted by Gasteiger charge is -2.07.